The van der Waals surface area contributed by atoms with Crippen LogP contribution in [0.2, 0.25) is 0 Å². The van der Waals surface area contributed by atoms with Gasteiger partial charge >= 0.3 is 6.03 Å². The molecule has 0 saturated carbocycles. The number of H-pyrrole nitrogens is 1. The Hall–Kier alpha value is -2.94. The van der Waals surface area contributed by atoms with Crippen molar-refractivity contribution in [3.8, 4) is 11.4 Å². The van der Waals surface area contributed by atoms with Gasteiger partial charge in [0, 0.05) is 30.9 Å². The fourth-order valence-corrected chi connectivity index (χ4v) is 3.17. The number of nitrogens with one attached hydrogen (secondary N) is 3. The van der Waals surface area contributed by atoms with Crippen molar-refractivity contribution < 1.29 is 9.59 Å². The van der Waals surface area contributed by atoms with Crippen LogP contribution in [0.1, 0.15) is 18.7 Å². The maximum atomic E-state index is 12.0. The van der Waals surface area contributed by atoms with Gasteiger partial charge in [-0.1, -0.05) is 0 Å². The second-order valence-corrected chi connectivity index (χ2v) is 6.74. The van der Waals surface area contributed by atoms with Gasteiger partial charge in [-0.3, -0.25) is 9.89 Å². The van der Waals surface area contributed by atoms with Gasteiger partial charge in [0.2, 0.25) is 5.91 Å². The van der Waals surface area contributed by atoms with Crippen molar-refractivity contribution in [2.75, 3.05) is 31.5 Å². The molecule has 1 aromatic carbocycles. The molecule has 0 spiro atoms. The molecule has 3 amide bonds. The van der Waals surface area contributed by atoms with Gasteiger partial charge in [-0.15, -0.1) is 0 Å². The van der Waals surface area contributed by atoms with E-state index in [0.717, 1.165) is 30.8 Å². The van der Waals surface area contributed by atoms with Crippen LogP contribution >= 0.6 is 0 Å². The average Bonchev–Trinajstić information content (AvgIpc) is 3.09. The summed E-state index contributed by atoms with van der Waals surface area (Å²) in [6.07, 6.45) is 1.81. The third kappa shape index (κ3) is 5.27. The maximum absolute atomic E-state index is 12.0. The molecule has 2 aromatic rings. The summed E-state index contributed by atoms with van der Waals surface area (Å²) in [5.74, 6) is 1.05. The van der Waals surface area contributed by atoms with Crippen LogP contribution in [0.25, 0.3) is 11.4 Å². The van der Waals surface area contributed by atoms with Gasteiger partial charge < -0.3 is 21.3 Å². The first-order valence-electron chi connectivity index (χ1n) is 9.07. The number of carbonyl (C=O) groups is 2. The zero-order valence-corrected chi connectivity index (χ0v) is 15.4. The minimum absolute atomic E-state index is 0.0844. The highest BCUT2D eigenvalue weighted by atomic mass is 16.2. The lowest BCUT2D eigenvalue weighted by Gasteiger charge is -2.31. The van der Waals surface area contributed by atoms with Crippen LogP contribution in [0, 0.1) is 12.8 Å². The number of piperidine rings is 1. The molecule has 144 valence electrons. The largest absolute Gasteiger partial charge is 0.369 e. The number of anilines is 1. The first kappa shape index (κ1) is 18.8. The zero-order chi connectivity index (χ0) is 19.2. The van der Waals surface area contributed by atoms with E-state index in [-0.39, 0.29) is 17.9 Å². The van der Waals surface area contributed by atoms with E-state index in [1.807, 2.05) is 31.2 Å². The van der Waals surface area contributed by atoms with E-state index in [9.17, 15) is 9.59 Å². The van der Waals surface area contributed by atoms with Crippen LogP contribution in [0.3, 0.4) is 0 Å². The van der Waals surface area contributed by atoms with Gasteiger partial charge in [0.25, 0.3) is 0 Å². The Morgan fingerprint density at radius 1 is 1.33 bits per heavy atom. The van der Waals surface area contributed by atoms with Crippen molar-refractivity contribution in [1.29, 1.82) is 0 Å². The smallest absolute Gasteiger partial charge is 0.319 e. The van der Waals surface area contributed by atoms with Crippen molar-refractivity contribution in [2.45, 2.75) is 19.8 Å². The number of aromatic amines is 1. The molecular formula is C18H25N7O2. The summed E-state index contributed by atoms with van der Waals surface area (Å²) >= 11 is 0. The Bertz CT molecular complexity index is 787. The lowest BCUT2D eigenvalue weighted by Crippen LogP contribution is -2.44. The summed E-state index contributed by atoms with van der Waals surface area (Å²) in [4.78, 5) is 29.8. The summed E-state index contributed by atoms with van der Waals surface area (Å²) in [5, 5.41) is 12.5. The van der Waals surface area contributed by atoms with Crippen LogP contribution in [0.5, 0.6) is 0 Å². The lowest BCUT2D eigenvalue weighted by molar-refractivity contribution is -0.123. The van der Waals surface area contributed by atoms with Crippen molar-refractivity contribution in [3.05, 3.63) is 30.1 Å². The fourth-order valence-electron chi connectivity index (χ4n) is 3.17. The molecular weight excluding hydrogens is 346 g/mol. The highest BCUT2D eigenvalue weighted by molar-refractivity contribution is 5.89. The van der Waals surface area contributed by atoms with E-state index >= 15 is 0 Å². The van der Waals surface area contributed by atoms with E-state index in [4.69, 9.17) is 5.73 Å². The van der Waals surface area contributed by atoms with E-state index in [1.54, 1.807) is 0 Å². The molecule has 2 heterocycles. The number of benzene rings is 1. The van der Waals surface area contributed by atoms with E-state index in [1.165, 1.54) is 0 Å². The number of aromatic nitrogens is 3. The molecule has 1 aromatic heterocycles. The highest BCUT2D eigenvalue weighted by Crippen LogP contribution is 2.18. The molecule has 1 aliphatic heterocycles. The monoisotopic (exact) mass is 371 g/mol. The van der Waals surface area contributed by atoms with Gasteiger partial charge in [0.15, 0.2) is 5.82 Å². The number of urea groups is 1. The first-order chi connectivity index (χ1) is 13.0. The number of aryl methyl sites for hydroxylation is 1. The molecule has 9 nitrogen and oxygen atoms in total. The summed E-state index contributed by atoms with van der Waals surface area (Å²) in [5.41, 5.74) is 6.95. The fraction of sp³-hybridized carbons (Fsp3) is 0.444. The second kappa shape index (κ2) is 8.63. The van der Waals surface area contributed by atoms with Gasteiger partial charge in [-0.25, -0.2) is 9.78 Å². The van der Waals surface area contributed by atoms with Crippen LogP contribution < -0.4 is 16.4 Å². The average molecular weight is 371 g/mol. The molecule has 1 aliphatic rings. The van der Waals surface area contributed by atoms with Crippen LogP contribution in [0.15, 0.2) is 24.3 Å². The van der Waals surface area contributed by atoms with Crippen molar-refractivity contribution in [3.63, 3.8) is 0 Å². The highest BCUT2D eigenvalue weighted by Gasteiger charge is 2.23. The Morgan fingerprint density at radius 2 is 2.11 bits per heavy atom. The quantitative estimate of drug-likeness (QED) is 0.604. The Labute approximate surface area is 157 Å². The van der Waals surface area contributed by atoms with Gasteiger partial charge in [0.05, 0.1) is 5.92 Å². The molecule has 3 rings (SSSR count). The number of primary amides is 1. The number of hydrogen-bond acceptors (Lipinski definition) is 5. The standard InChI is InChI=1S/C18H25N7O2/c1-12-21-17(24-23-12)13-4-6-15(7-5-13)22-18(27)20-8-10-25-9-2-3-14(11-25)16(19)26/h4-7,14H,2-3,8-11H2,1H3,(H2,19,26)(H2,20,22,27)(H,21,23,24). The molecule has 1 saturated heterocycles. The molecule has 27 heavy (non-hydrogen) atoms. The second-order valence-electron chi connectivity index (χ2n) is 6.74. The SMILES string of the molecule is Cc1nc(-c2ccc(NC(=O)NCCN3CCCC(C(N)=O)C3)cc2)n[nH]1. The molecule has 0 bridgehead atoms. The number of nitrogens with two attached hydrogens (primary N) is 1. The molecule has 1 unspecified atom stereocenters. The normalized spacial score (nSPS) is 17.4. The van der Waals surface area contributed by atoms with Crippen molar-refractivity contribution in [1.82, 2.24) is 25.4 Å². The number of rotatable bonds is 6. The predicted molar refractivity (Wildman–Crippen MR) is 102 cm³/mol. The van der Waals surface area contributed by atoms with E-state index in [2.05, 4.69) is 30.7 Å². The third-order valence-corrected chi connectivity index (χ3v) is 4.62. The minimum atomic E-state index is -0.264. The predicted octanol–water partition coefficient (Wildman–Crippen LogP) is 1.10. The van der Waals surface area contributed by atoms with Crippen LogP contribution in [-0.4, -0.2) is 58.2 Å². The molecule has 0 radical (unpaired) electrons. The number of carbonyl (C=O) groups excluding carboxylic acids is 2. The van der Waals surface area contributed by atoms with E-state index in [0.29, 0.717) is 31.1 Å². The Balaban J connectivity index is 1.42. The summed E-state index contributed by atoms with van der Waals surface area (Å²) in [6, 6.07) is 7.07. The molecule has 5 N–H and O–H groups in total. The number of amides is 3. The van der Waals surface area contributed by atoms with Gasteiger partial charge in [0.1, 0.15) is 5.82 Å². The van der Waals surface area contributed by atoms with Crippen LogP contribution in [-0.2, 0) is 4.79 Å². The molecule has 0 aliphatic carbocycles. The zero-order valence-electron chi connectivity index (χ0n) is 15.4. The number of nitrogens with zero attached hydrogens (tertiary/aromatic N) is 3. The molecule has 9 heteroatoms. The summed E-state index contributed by atoms with van der Waals surface area (Å²) in [6.45, 7) is 4.64. The topological polar surface area (TPSA) is 129 Å². The summed E-state index contributed by atoms with van der Waals surface area (Å²) in [7, 11) is 0. The Morgan fingerprint density at radius 3 is 2.78 bits per heavy atom. The maximum Gasteiger partial charge on any atom is 0.319 e. The number of hydrogen-bond donors (Lipinski definition) is 4. The molecule has 1 fully saturated rings. The van der Waals surface area contributed by atoms with E-state index < -0.39 is 0 Å². The van der Waals surface area contributed by atoms with Gasteiger partial charge in [-0.2, -0.15) is 5.10 Å². The minimum Gasteiger partial charge on any atom is -0.369 e. The third-order valence-electron chi connectivity index (χ3n) is 4.62. The van der Waals surface area contributed by atoms with Gasteiger partial charge in [-0.05, 0) is 50.6 Å². The molecule has 1 atom stereocenters. The lowest BCUT2D eigenvalue weighted by atomic mass is 9.97. The van der Waals surface area contributed by atoms with Crippen molar-refractivity contribution in [2.24, 2.45) is 11.7 Å². The van der Waals surface area contributed by atoms with Crippen molar-refractivity contribution >= 4 is 17.6 Å². The number of likely N-dealkylation sites (tertiary alicyclic amines) is 1. The summed E-state index contributed by atoms with van der Waals surface area (Å²) < 4.78 is 0. The Kier molecular flexibility index (Phi) is 6.02. The first-order valence-corrected chi connectivity index (χ1v) is 9.07. The van der Waals surface area contributed by atoms with Crippen LogP contribution in [0.4, 0.5) is 10.5 Å².